The van der Waals surface area contributed by atoms with Gasteiger partial charge in [0.1, 0.15) is 6.54 Å². The third kappa shape index (κ3) is 4.14. The summed E-state index contributed by atoms with van der Waals surface area (Å²) in [6.07, 6.45) is -4.93. The maximum atomic E-state index is 12.9. The number of nitro groups is 2. The van der Waals surface area contributed by atoms with Gasteiger partial charge < -0.3 is 14.9 Å². The van der Waals surface area contributed by atoms with Crippen LogP contribution >= 0.6 is 0 Å². The minimum Gasteiger partial charge on any atom is -0.391 e. The van der Waals surface area contributed by atoms with E-state index in [4.69, 9.17) is 5.11 Å². The molecule has 1 heterocycles. The molecule has 2 N–H and O–H groups in total. The van der Waals surface area contributed by atoms with Gasteiger partial charge in [-0.1, -0.05) is 0 Å². The number of hydrogen-bond acceptors (Lipinski definition) is 6. The Morgan fingerprint density at radius 2 is 1.60 bits per heavy atom. The summed E-state index contributed by atoms with van der Waals surface area (Å²) in [5.41, 5.74) is -3.72. The summed E-state index contributed by atoms with van der Waals surface area (Å²) in [5, 5.41) is 31.4. The molecule has 0 saturated carbocycles. The number of halogens is 3. The van der Waals surface area contributed by atoms with Gasteiger partial charge in [0, 0.05) is 12.1 Å². The Bertz CT molecular complexity index is 639. The number of aliphatic hydroxyl groups excluding tert-OH is 1. The summed E-state index contributed by atoms with van der Waals surface area (Å²) < 4.78 is 38.7. The van der Waals surface area contributed by atoms with Crippen LogP contribution in [0.5, 0.6) is 0 Å². The zero-order valence-corrected chi connectivity index (χ0v) is 13.0. The monoisotopic (exact) mass is 365 g/mol. The van der Waals surface area contributed by atoms with E-state index < -0.39 is 38.6 Å². The van der Waals surface area contributed by atoms with Gasteiger partial charge in [0.05, 0.1) is 48.2 Å². The van der Waals surface area contributed by atoms with E-state index in [1.165, 1.54) is 4.90 Å². The lowest BCUT2D eigenvalue weighted by Crippen LogP contribution is -3.15. The lowest BCUT2D eigenvalue weighted by Gasteiger charge is -2.32. The molecule has 1 aromatic rings. The third-order valence-corrected chi connectivity index (χ3v) is 4.04. The van der Waals surface area contributed by atoms with Crippen LogP contribution in [-0.2, 0) is 6.18 Å². The van der Waals surface area contributed by atoms with Gasteiger partial charge in [-0.3, -0.25) is 20.2 Å². The minimum absolute atomic E-state index is 0.0457. The largest absolute Gasteiger partial charge is 0.416 e. The van der Waals surface area contributed by atoms with Crippen LogP contribution in [0.25, 0.3) is 0 Å². The Labute approximate surface area is 139 Å². The fraction of sp³-hybridized carbons (Fsp3) is 0.538. The lowest BCUT2D eigenvalue weighted by atomic mass is 10.1. The van der Waals surface area contributed by atoms with E-state index in [1.54, 1.807) is 0 Å². The van der Waals surface area contributed by atoms with Gasteiger partial charge in [-0.05, 0) is 0 Å². The minimum atomic E-state index is -4.93. The van der Waals surface area contributed by atoms with Gasteiger partial charge in [-0.25, -0.2) is 0 Å². The first kappa shape index (κ1) is 18.9. The molecule has 0 spiro atoms. The number of quaternary nitrogens is 1. The van der Waals surface area contributed by atoms with Crippen LogP contribution in [0.15, 0.2) is 12.1 Å². The van der Waals surface area contributed by atoms with E-state index in [2.05, 4.69) is 0 Å². The number of nitrogens with zero attached hydrogens (tertiary/aromatic N) is 3. The van der Waals surface area contributed by atoms with Crippen molar-refractivity contribution in [3.63, 3.8) is 0 Å². The van der Waals surface area contributed by atoms with Crippen LogP contribution < -0.4 is 9.80 Å². The van der Waals surface area contributed by atoms with Crippen LogP contribution in [0, 0.1) is 20.2 Å². The van der Waals surface area contributed by atoms with Gasteiger partial charge in [0.2, 0.25) is 0 Å². The number of hydrogen-bond donors (Lipinski definition) is 2. The molecular weight excluding hydrogens is 349 g/mol. The quantitative estimate of drug-likeness (QED) is 0.570. The molecule has 0 amide bonds. The van der Waals surface area contributed by atoms with Crippen molar-refractivity contribution in [2.75, 3.05) is 44.2 Å². The lowest BCUT2D eigenvalue weighted by molar-refractivity contribution is -0.900. The fourth-order valence-corrected chi connectivity index (χ4v) is 2.82. The van der Waals surface area contributed by atoms with Gasteiger partial charge >= 0.3 is 6.18 Å². The smallest absolute Gasteiger partial charge is 0.391 e. The third-order valence-electron chi connectivity index (χ3n) is 4.04. The van der Waals surface area contributed by atoms with E-state index in [9.17, 15) is 33.4 Å². The van der Waals surface area contributed by atoms with Crippen LogP contribution in [0.1, 0.15) is 5.56 Å². The van der Waals surface area contributed by atoms with Crippen LogP contribution in [-0.4, -0.2) is 54.3 Å². The van der Waals surface area contributed by atoms with E-state index >= 15 is 0 Å². The molecule has 0 unspecified atom stereocenters. The van der Waals surface area contributed by atoms with Crippen LogP contribution in [0.4, 0.5) is 30.2 Å². The average molecular weight is 365 g/mol. The van der Waals surface area contributed by atoms with Crippen molar-refractivity contribution in [2.45, 2.75) is 6.18 Å². The second kappa shape index (κ2) is 7.19. The molecule has 0 bridgehead atoms. The van der Waals surface area contributed by atoms with Crippen molar-refractivity contribution in [3.05, 3.63) is 37.9 Å². The highest BCUT2D eigenvalue weighted by Crippen LogP contribution is 2.43. The number of nitro benzene ring substituents is 2. The van der Waals surface area contributed by atoms with Crippen molar-refractivity contribution >= 4 is 17.1 Å². The molecule has 1 aromatic carbocycles. The fourth-order valence-electron chi connectivity index (χ4n) is 2.82. The Morgan fingerprint density at radius 3 is 1.96 bits per heavy atom. The predicted molar refractivity (Wildman–Crippen MR) is 79.6 cm³/mol. The van der Waals surface area contributed by atoms with Gasteiger partial charge in [-0.15, -0.1) is 0 Å². The number of anilines is 1. The summed E-state index contributed by atoms with van der Waals surface area (Å²) in [7, 11) is 0. The summed E-state index contributed by atoms with van der Waals surface area (Å²) in [4.78, 5) is 22.8. The Kier molecular flexibility index (Phi) is 5.42. The second-order valence-electron chi connectivity index (χ2n) is 5.59. The molecule has 1 aliphatic rings. The molecule has 12 heteroatoms. The molecule has 1 aliphatic heterocycles. The number of piperazine rings is 1. The van der Waals surface area contributed by atoms with Crippen LogP contribution in [0.2, 0.25) is 0 Å². The molecule has 2 rings (SSSR count). The average Bonchev–Trinajstić information content (AvgIpc) is 2.53. The van der Waals surface area contributed by atoms with Gasteiger partial charge in [0.25, 0.3) is 11.4 Å². The maximum Gasteiger partial charge on any atom is 0.416 e. The topological polar surface area (TPSA) is 114 Å². The molecule has 0 atom stereocenters. The molecule has 1 saturated heterocycles. The van der Waals surface area contributed by atoms with E-state index in [0.717, 1.165) is 4.90 Å². The highest BCUT2D eigenvalue weighted by Gasteiger charge is 2.40. The first-order valence-corrected chi connectivity index (χ1v) is 7.38. The van der Waals surface area contributed by atoms with Crippen molar-refractivity contribution in [1.82, 2.24) is 0 Å². The normalized spacial score (nSPS) is 16.1. The summed E-state index contributed by atoms with van der Waals surface area (Å²) in [6, 6.07) is 0.657. The molecule has 9 nitrogen and oxygen atoms in total. The number of alkyl halides is 3. The number of benzene rings is 1. The molecule has 0 aliphatic carbocycles. The molecular formula is C13H16F3N4O5+. The molecule has 0 aromatic heterocycles. The number of aliphatic hydroxyl groups is 1. The SMILES string of the molecule is O=[N+]([O-])c1cc(C(F)(F)F)cc([N+](=O)[O-])c1N1CC[NH+](CCO)CC1. The summed E-state index contributed by atoms with van der Waals surface area (Å²) in [5.74, 6) is 0. The number of nitrogens with one attached hydrogen (secondary N) is 1. The first-order chi connectivity index (χ1) is 11.6. The zero-order chi connectivity index (χ0) is 18.8. The Hall–Kier alpha value is -2.47. The standard InChI is InChI=1S/C13H15F3N4O5/c14-13(15,16)9-7-10(19(22)23)12(11(8-9)20(24)25)18-3-1-17(2-4-18)5-6-21/h7-8,21H,1-6H2/p+1. The predicted octanol–water partition coefficient (Wildman–Crippen LogP) is 0.219. The van der Waals surface area contributed by atoms with E-state index in [0.29, 0.717) is 31.8 Å². The van der Waals surface area contributed by atoms with Crippen LogP contribution in [0.3, 0.4) is 0 Å². The molecule has 0 radical (unpaired) electrons. The van der Waals surface area contributed by atoms with Crippen molar-refractivity contribution in [2.24, 2.45) is 0 Å². The first-order valence-electron chi connectivity index (χ1n) is 7.38. The van der Waals surface area contributed by atoms with E-state index in [-0.39, 0.29) is 19.7 Å². The van der Waals surface area contributed by atoms with Gasteiger partial charge in [0.15, 0.2) is 5.69 Å². The molecule has 138 valence electrons. The Balaban J connectivity index is 2.49. The maximum absolute atomic E-state index is 12.9. The summed E-state index contributed by atoms with van der Waals surface area (Å²) in [6.45, 7) is 1.72. The Morgan fingerprint density at radius 1 is 1.12 bits per heavy atom. The van der Waals surface area contributed by atoms with E-state index in [1.807, 2.05) is 0 Å². The molecule has 25 heavy (non-hydrogen) atoms. The highest BCUT2D eigenvalue weighted by molar-refractivity contribution is 5.76. The second-order valence-corrected chi connectivity index (χ2v) is 5.59. The number of rotatable bonds is 5. The summed E-state index contributed by atoms with van der Waals surface area (Å²) >= 11 is 0. The van der Waals surface area contributed by atoms with Crippen molar-refractivity contribution in [3.8, 4) is 0 Å². The molecule has 1 fully saturated rings. The van der Waals surface area contributed by atoms with Crippen molar-refractivity contribution in [1.29, 1.82) is 0 Å². The van der Waals surface area contributed by atoms with Gasteiger partial charge in [-0.2, -0.15) is 13.2 Å². The zero-order valence-electron chi connectivity index (χ0n) is 13.0. The highest BCUT2D eigenvalue weighted by atomic mass is 19.4. The van der Waals surface area contributed by atoms with Crippen molar-refractivity contribution < 1.29 is 33.0 Å².